The fourth-order valence-corrected chi connectivity index (χ4v) is 3.15. The zero-order valence-corrected chi connectivity index (χ0v) is 11.6. The zero-order chi connectivity index (χ0) is 15.9. The number of nitrogens with one attached hydrogen (secondary N) is 2. The number of hydrogen-bond donors (Lipinski definition) is 2. The highest BCUT2D eigenvalue weighted by Crippen LogP contribution is 2.49. The first-order chi connectivity index (χ1) is 10.4. The van der Waals surface area contributed by atoms with Crippen molar-refractivity contribution < 1.29 is 22.4 Å². The second kappa shape index (κ2) is 5.20. The van der Waals surface area contributed by atoms with Crippen LogP contribution in [0.15, 0.2) is 40.1 Å². The van der Waals surface area contributed by atoms with Crippen molar-refractivity contribution in [1.82, 2.24) is 0 Å². The Balaban J connectivity index is 2.13. The third-order valence-electron chi connectivity index (χ3n) is 3.07. The van der Waals surface area contributed by atoms with Gasteiger partial charge in [0, 0.05) is 9.79 Å². The molecule has 8 heteroatoms. The van der Waals surface area contributed by atoms with Crippen molar-refractivity contribution in [2.24, 2.45) is 0 Å². The first-order valence-electron chi connectivity index (χ1n) is 6.08. The predicted octanol–water partition coefficient (Wildman–Crippen LogP) is 4.62. The molecule has 0 saturated carbocycles. The molecule has 2 N–H and O–H groups in total. The summed E-state index contributed by atoms with van der Waals surface area (Å²) >= 11 is 1.08. The van der Waals surface area contributed by atoms with E-state index < -0.39 is 17.6 Å². The molecule has 0 atom stereocenters. The number of anilines is 3. The monoisotopic (exact) mass is 328 g/mol. The molecule has 0 aromatic heterocycles. The maximum absolute atomic E-state index is 13.3. The largest absolute Gasteiger partial charge is 0.416 e. The van der Waals surface area contributed by atoms with Gasteiger partial charge < -0.3 is 10.6 Å². The van der Waals surface area contributed by atoms with Gasteiger partial charge in [0.2, 0.25) is 6.41 Å². The van der Waals surface area contributed by atoms with Crippen molar-refractivity contribution in [2.75, 3.05) is 10.6 Å². The third kappa shape index (κ3) is 2.61. The van der Waals surface area contributed by atoms with Crippen molar-refractivity contribution in [3.63, 3.8) is 0 Å². The SMILES string of the molecule is O=CNc1cc(C(F)(F)F)cc2c1Nc1cc(F)ccc1S2. The summed E-state index contributed by atoms with van der Waals surface area (Å²) in [6.45, 7) is 0. The molecule has 1 aliphatic heterocycles. The molecule has 0 fully saturated rings. The molecule has 3 rings (SSSR count). The first kappa shape index (κ1) is 14.7. The molecule has 0 unspecified atom stereocenters. The Morgan fingerprint density at radius 2 is 1.91 bits per heavy atom. The zero-order valence-electron chi connectivity index (χ0n) is 10.8. The minimum absolute atomic E-state index is 0.0118. The van der Waals surface area contributed by atoms with Crippen LogP contribution >= 0.6 is 11.8 Å². The maximum atomic E-state index is 13.3. The average molecular weight is 328 g/mol. The van der Waals surface area contributed by atoms with Gasteiger partial charge in [-0.25, -0.2) is 4.39 Å². The second-order valence-electron chi connectivity index (χ2n) is 4.52. The van der Waals surface area contributed by atoms with Crippen molar-refractivity contribution in [2.45, 2.75) is 16.0 Å². The Morgan fingerprint density at radius 3 is 2.59 bits per heavy atom. The molecule has 0 saturated heterocycles. The molecule has 0 bridgehead atoms. The molecule has 0 spiro atoms. The summed E-state index contributed by atoms with van der Waals surface area (Å²) in [5.74, 6) is -0.466. The first-order valence-corrected chi connectivity index (χ1v) is 6.90. The van der Waals surface area contributed by atoms with Crippen LogP contribution < -0.4 is 10.6 Å². The van der Waals surface area contributed by atoms with E-state index >= 15 is 0 Å². The number of rotatable bonds is 2. The molecule has 1 heterocycles. The highest BCUT2D eigenvalue weighted by Gasteiger charge is 2.33. The van der Waals surface area contributed by atoms with E-state index in [2.05, 4.69) is 10.6 Å². The summed E-state index contributed by atoms with van der Waals surface area (Å²) in [6.07, 6.45) is -4.23. The Kier molecular flexibility index (Phi) is 3.48. The Hall–Kier alpha value is -2.22. The van der Waals surface area contributed by atoms with Gasteiger partial charge in [0.25, 0.3) is 0 Å². The highest BCUT2D eigenvalue weighted by molar-refractivity contribution is 7.99. The molecular formula is C14H8F4N2OS. The lowest BCUT2D eigenvalue weighted by Crippen LogP contribution is -2.10. The number of carbonyl (C=O) groups excluding carboxylic acids is 1. The van der Waals surface area contributed by atoms with Crippen LogP contribution in [0.1, 0.15) is 5.56 Å². The summed E-state index contributed by atoms with van der Waals surface area (Å²) in [7, 11) is 0. The average Bonchev–Trinajstić information content (AvgIpc) is 2.44. The lowest BCUT2D eigenvalue weighted by Gasteiger charge is -2.24. The van der Waals surface area contributed by atoms with Gasteiger partial charge >= 0.3 is 6.18 Å². The van der Waals surface area contributed by atoms with E-state index in [0.29, 0.717) is 27.6 Å². The highest BCUT2D eigenvalue weighted by atomic mass is 32.2. The van der Waals surface area contributed by atoms with E-state index in [1.807, 2.05) is 0 Å². The van der Waals surface area contributed by atoms with E-state index in [1.54, 1.807) is 0 Å². The van der Waals surface area contributed by atoms with E-state index in [9.17, 15) is 22.4 Å². The Bertz CT molecular complexity index is 761. The summed E-state index contributed by atoms with van der Waals surface area (Å²) in [6, 6.07) is 5.79. The van der Waals surface area contributed by atoms with Crippen molar-refractivity contribution in [3.8, 4) is 0 Å². The Labute approximate surface area is 126 Å². The molecule has 1 aliphatic rings. The van der Waals surface area contributed by atoms with Gasteiger partial charge in [0.1, 0.15) is 5.82 Å². The molecule has 2 aromatic carbocycles. The number of benzene rings is 2. The molecule has 0 aliphatic carbocycles. The van der Waals surface area contributed by atoms with Gasteiger partial charge in [-0.15, -0.1) is 0 Å². The number of amides is 1. The molecular weight excluding hydrogens is 320 g/mol. The van der Waals surface area contributed by atoms with E-state index in [0.717, 1.165) is 23.9 Å². The predicted molar refractivity (Wildman–Crippen MR) is 74.9 cm³/mol. The van der Waals surface area contributed by atoms with Gasteiger partial charge in [-0.3, -0.25) is 4.79 Å². The molecule has 2 aromatic rings. The van der Waals surface area contributed by atoms with Crippen LogP contribution in [0.4, 0.5) is 34.6 Å². The molecule has 114 valence electrons. The van der Waals surface area contributed by atoms with E-state index in [1.165, 1.54) is 18.2 Å². The number of hydrogen-bond acceptors (Lipinski definition) is 3. The number of fused-ring (bicyclic) bond motifs is 2. The van der Waals surface area contributed by atoms with Crippen LogP contribution in [0.5, 0.6) is 0 Å². The second-order valence-corrected chi connectivity index (χ2v) is 5.61. The van der Waals surface area contributed by atoms with Gasteiger partial charge in [0.15, 0.2) is 0 Å². The van der Waals surface area contributed by atoms with Crippen LogP contribution in [0.3, 0.4) is 0 Å². The van der Waals surface area contributed by atoms with Gasteiger partial charge in [-0.1, -0.05) is 11.8 Å². The standard InChI is InChI=1S/C14H8F4N2OS/c15-8-1-2-11-9(5-8)20-13-10(19-6-21)3-7(14(16,17)18)4-12(13)22-11/h1-6,20H,(H,19,21). The Morgan fingerprint density at radius 1 is 1.14 bits per heavy atom. The molecule has 3 nitrogen and oxygen atoms in total. The van der Waals surface area contributed by atoms with Gasteiger partial charge in [-0.2, -0.15) is 13.2 Å². The molecule has 1 amide bonds. The van der Waals surface area contributed by atoms with Crippen LogP contribution in [-0.2, 0) is 11.0 Å². The van der Waals surface area contributed by atoms with E-state index in [-0.39, 0.29) is 5.69 Å². The fourth-order valence-electron chi connectivity index (χ4n) is 2.11. The maximum Gasteiger partial charge on any atom is 0.416 e. The summed E-state index contributed by atoms with van der Waals surface area (Å²) < 4.78 is 52.1. The third-order valence-corrected chi connectivity index (χ3v) is 4.18. The normalized spacial score (nSPS) is 12.9. The summed E-state index contributed by atoms with van der Waals surface area (Å²) in [5.41, 5.74) is -0.132. The summed E-state index contributed by atoms with van der Waals surface area (Å²) in [4.78, 5) is 11.5. The number of carbonyl (C=O) groups is 1. The van der Waals surface area contributed by atoms with Gasteiger partial charge in [-0.05, 0) is 30.3 Å². The number of alkyl halides is 3. The van der Waals surface area contributed by atoms with Crippen LogP contribution in [0, 0.1) is 5.82 Å². The smallest absolute Gasteiger partial charge is 0.352 e. The lowest BCUT2D eigenvalue weighted by atomic mass is 10.1. The lowest BCUT2D eigenvalue weighted by molar-refractivity contribution is -0.137. The topological polar surface area (TPSA) is 41.1 Å². The minimum atomic E-state index is -4.53. The fraction of sp³-hybridized carbons (Fsp3) is 0.0714. The summed E-state index contributed by atoms with van der Waals surface area (Å²) in [5, 5.41) is 5.11. The minimum Gasteiger partial charge on any atom is -0.352 e. The van der Waals surface area contributed by atoms with Crippen molar-refractivity contribution in [3.05, 3.63) is 41.7 Å². The quantitative estimate of drug-likeness (QED) is 0.533. The van der Waals surface area contributed by atoms with Crippen LogP contribution in [0.2, 0.25) is 0 Å². The van der Waals surface area contributed by atoms with Gasteiger partial charge in [0.05, 0.1) is 22.6 Å². The van der Waals surface area contributed by atoms with Crippen LogP contribution in [0.25, 0.3) is 0 Å². The van der Waals surface area contributed by atoms with Crippen molar-refractivity contribution >= 4 is 35.2 Å². The van der Waals surface area contributed by atoms with Crippen LogP contribution in [-0.4, -0.2) is 6.41 Å². The van der Waals surface area contributed by atoms with Crippen molar-refractivity contribution in [1.29, 1.82) is 0 Å². The number of halogens is 4. The molecule has 22 heavy (non-hydrogen) atoms. The molecule has 0 radical (unpaired) electrons. The van der Waals surface area contributed by atoms with E-state index in [4.69, 9.17) is 0 Å².